The van der Waals surface area contributed by atoms with Gasteiger partial charge in [0, 0.05) is 17.9 Å². The van der Waals surface area contributed by atoms with Crippen LogP contribution in [-0.4, -0.2) is 28.0 Å². The Morgan fingerprint density at radius 1 is 1.10 bits per heavy atom. The lowest BCUT2D eigenvalue weighted by Gasteiger charge is -2.25. The molecule has 0 unspecified atom stereocenters. The summed E-state index contributed by atoms with van der Waals surface area (Å²) in [6.45, 7) is 5.63. The zero-order valence-corrected chi connectivity index (χ0v) is 18.0. The lowest BCUT2D eigenvalue weighted by molar-refractivity contribution is -0.128. The molecule has 1 fully saturated rings. The maximum Gasteiger partial charge on any atom is 0.232 e. The number of nitrogens with one attached hydrogen (secondary N) is 1. The van der Waals surface area contributed by atoms with E-state index in [0.717, 1.165) is 29.9 Å². The number of rotatable bonds is 7. The summed E-state index contributed by atoms with van der Waals surface area (Å²) in [6.07, 6.45) is 2.18. The zero-order chi connectivity index (χ0) is 20.9. The molecule has 1 aliphatic rings. The van der Waals surface area contributed by atoms with E-state index in [-0.39, 0.29) is 17.9 Å². The van der Waals surface area contributed by atoms with E-state index in [9.17, 15) is 9.59 Å². The Morgan fingerprint density at radius 3 is 2.41 bits per heavy atom. The van der Waals surface area contributed by atoms with Gasteiger partial charge in [0.2, 0.25) is 11.8 Å². The molecule has 2 aromatic rings. The van der Waals surface area contributed by atoms with Crippen LogP contribution in [0.3, 0.4) is 0 Å². The average Bonchev–Trinajstić information content (AvgIpc) is 3.03. The van der Waals surface area contributed by atoms with Crippen molar-refractivity contribution in [2.24, 2.45) is 5.41 Å². The summed E-state index contributed by atoms with van der Waals surface area (Å²) in [5.41, 5.74) is 0.730. The molecule has 0 aliphatic carbocycles. The maximum atomic E-state index is 12.3. The molecule has 1 atom stereocenters. The van der Waals surface area contributed by atoms with Gasteiger partial charge in [-0.2, -0.15) is 0 Å². The van der Waals surface area contributed by atoms with Crippen LogP contribution in [0.25, 0.3) is 0 Å². The molecule has 2 aromatic carbocycles. The van der Waals surface area contributed by atoms with E-state index in [1.165, 1.54) is 11.9 Å². The highest BCUT2D eigenvalue weighted by atomic mass is 32.2. The van der Waals surface area contributed by atoms with Crippen LogP contribution in [0.15, 0.2) is 54.6 Å². The molecule has 0 radical (unpaired) electrons. The minimum atomic E-state index is -0.432. The fraction of sp³-hybridized carbons (Fsp3) is 0.391. The number of ether oxygens (including phenoxy) is 1. The number of carbonyl (C=O) groups is 2. The summed E-state index contributed by atoms with van der Waals surface area (Å²) in [4.78, 5) is 24.3. The predicted octanol–water partition coefficient (Wildman–Crippen LogP) is 4.78. The molecule has 0 spiro atoms. The van der Waals surface area contributed by atoms with Crippen molar-refractivity contribution in [3.05, 3.63) is 60.2 Å². The summed E-state index contributed by atoms with van der Waals surface area (Å²) in [6, 6.07) is 17.8. The molecular formula is C23H28N2O3S. The van der Waals surface area contributed by atoms with Crippen LogP contribution < -0.4 is 10.1 Å². The highest BCUT2D eigenvalue weighted by Gasteiger charge is 2.32. The molecule has 1 aliphatic heterocycles. The lowest BCUT2D eigenvalue weighted by atomic mass is 9.96. The first-order chi connectivity index (χ1) is 13.8. The molecule has 1 saturated heterocycles. The zero-order valence-electron chi connectivity index (χ0n) is 17.2. The highest BCUT2D eigenvalue weighted by molar-refractivity contribution is 7.97. The van der Waals surface area contributed by atoms with E-state index in [0.29, 0.717) is 12.3 Å². The molecule has 0 saturated carbocycles. The van der Waals surface area contributed by atoms with Crippen LogP contribution in [-0.2, 0) is 16.0 Å². The predicted molar refractivity (Wildman–Crippen MR) is 117 cm³/mol. The second-order valence-corrected chi connectivity index (χ2v) is 9.14. The van der Waals surface area contributed by atoms with Crippen LogP contribution in [0.5, 0.6) is 11.5 Å². The van der Waals surface area contributed by atoms with Crippen LogP contribution in [0.4, 0.5) is 0 Å². The highest BCUT2D eigenvalue weighted by Crippen LogP contribution is 2.29. The summed E-state index contributed by atoms with van der Waals surface area (Å²) in [5.74, 6) is 2.12. The number of benzene rings is 2. The SMILES string of the molecule is CC(C)(C)C(=O)NCSN1C(=O)CC[C@@H]1Cc1ccc(Oc2ccccc2)cc1. The van der Waals surface area contributed by atoms with E-state index < -0.39 is 5.41 Å². The smallest absolute Gasteiger partial charge is 0.232 e. The van der Waals surface area contributed by atoms with Gasteiger partial charge in [-0.05, 0) is 54.6 Å². The number of nitrogens with zero attached hydrogens (tertiary/aromatic N) is 1. The third kappa shape index (κ3) is 6.00. The van der Waals surface area contributed by atoms with Crippen molar-refractivity contribution in [1.82, 2.24) is 9.62 Å². The monoisotopic (exact) mass is 412 g/mol. The van der Waals surface area contributed by atoms with Crippen molar-refractivity contribution < 1.29 is 14.3 Å². The van der Waals surface area contributed by atoms with Gasteiger partial charge in [0.1, 0.15) is 11.5 Å². The molecule has 0 aromatic heterocycles. The number of amides is 2. The Kier molecular flexibility index (Phi) is 6.85. The fourth-order valence-corrected chi connectivity index (χ4v) is 4.07. The van der Waals surface area contributed by atoms with Crippen molar-refractivity contribution in [3.63, 3.8) is 0 Å². The molecule has 0 bridgehead atoms. The largest absolute Gasteiger partial charge is 0.457 e. The molecule has 29 heavy (non-hydrogen) atoms. The van der Waals surface area contributed by atoms with Gasteiger partial charge in [0.05, 0.1) is 5.88 Å². The van der Waals surface area contributed by atoms with E-state index in [4.69, 9.17) is 4.74 Å². The Hall–Kier alpha value is -2.47. The first kappa shape index (κ1) is 21.2. The van der Waals surface area contributed by atoms with Crippen molar-refractivity contribution in [2.45, 2.75) is 46.1 Å². The van der Waals surface area contributed by atoms with E-state index in [1.807, 2.05) is 79.7 Å². The molecule has 3 rings (SSSR count). The Balaban J connectivity index is 1.54. The number of carbonyl (C=O) groups excluding carboxylic acids is 2. The van der Waals surface area contributed by atoms with E-state index >= 15 is 0 Å². The van der Waals surface area contributed by atoms with Gasteiger partial charge in [0.15, 0.2) is 0 Å². The summed E-state index contributed by atoms with van der Waals surface area (Å²) >= 11 is 1.40. The topological polar surface area (TPSA) is 58.6 Å². The molecule has 1 heterocycles. The molecular weight excluding hydrogens is 384 g/mol. The van der Waals surface area contributed by atoms with Crippen LogP contribution in [0.1, 0.15) is 39.2 Å². The minimum absolute atomic E-state index is 0.0119. The standard InChI is InChI=1S/C23H28N2O3S/c1-23(2,3)22(27)24-16-29-25-18(11-14-21(25)26)15-17-9-12-20(13-10-17)28-19-7-5-4-6-8-19/h4-10,12-13,18H,11,14-16H2,1-3H3,(H,24,27)/t18-/m1/s1. The molecule has 5 nitrogen and oxygen atoms in total. The first-order valence-corrected chi connectivity index (χ1v) is 10.8. The first-order valence-electron chi connectivity index (χ1n) is 9.88. The van der Waals surface area contributed by atoms with Crippen molar-refractivity contribution in [1.29, 1.82) is 0 Å². The van der Waals surface area contributed by atoms with Crippen molar-refractivity contribution >= 4 is 23.8 Å². The Labute approximate surface area is 177 Å². The van der Waals surface area contributed by atoms with Crippen LogP contribution in [0.2, 0.25) is 0 Å². The van der Waals surface area contributed by atoms with Crippen LogP contribution >= 0.6 is 11.9 Å². The third-order valence-electron chi connectivity index (χ3n) is 4.76. The average molecular weight is 413 g/mol. The second-order valence-electron chi connectivity index (χ2n) is 8.20. The molecule has 154 valence electrons. The summed E-state index contributed by atoms with van der Waals surface area (Å²) in [5, 5.41) is 2.90. The van der Waals surface area contributed by atoms with Crippen LogP contribution in [0, 0.1) is 5.41 Å². The lowest BCUT2D eigenvalue weighted by Crippen LogP contribution is -2.37. The van der Waals surface area contributed by atoms with Gasteiger partial charge in [-0.1, -0.05) is 51.1 Å². The normalized spacial score (nSPS) is 16.7. The van der Waals surface area contributed by atoms with Gasteiger partial charge in [0.25, 0.3) is 0 Å². The molecule has 6 heteroatoms. The van der Waals surface area contributed by atoms with Gasteiger partial charge in [-0.25, -0.2) is 0 Å². The van der Waals surface area contributed by atoms with E-state index in [1.54, 1.807) is 0 Å². The van der Waals surface area contributed by atoms with Gasteiger partial charge < -0.3 is 10.1 Å². The Bertz CT molecular complexity index is 831. The number of hydrogen-bond donors (Lipinski definition) is 1. The number of hydrogen-bond acceptors (Lipinski definition) is 4. The maximum absolute atomic E-state index is 12.3. The third-order valence-corrected chi connectivity index (χ3v) is 5.81. The minimum Gasteiger partial charge on any atom is -0.457 e. The summed E-state index contributed by atoms with van der Waals surface area (Å²) < 4.78 is 7.67. The van der Waals surface area contributed by atoms with Gasteiger partial charge >= 0.3 is 0 Å². The van der Waals surface area contributed by atoms with E-state index in [2.05, 4.69) is 5.32 Å². The van der Waals surface area contributed by atoms with Crippen molar-refractivity contribution in [3.8, 4) is 11.5 Å². The van der Waals surface area contributed by atoms with Crippen molar-refractivity contribution in [2.75, 3.05) is 5.88 Å². The summed E-state index contributed by atoms with van der Waals surface area (Å²) in [7, 11) is 0. The fourth-order valence-electron chi connectivity index (χ4n) is 3.11. The Morgan fingerprint density at radius 2 is 1.76 bits per heavy atom. The molecule has 1 N–H and O–H groups in total. The van der Waals surface area contributed by atoms with Gasteiger partial charge in [-0.3, -0.25) is 13.9 Å². The quantitative estimate of drug-likeness (QED) is 0.525. The number of para-hydroxylation sites is 1. The second kappa shape index (κ2) is 9.35. The molecule has 2 amide bonds. The van der Waals surface area contributed by atoms with Gasteiger partial charge in [-0.15, -0.1) is 0 Å².